The molecular weight excluding hydrogens is 336 g/mol. The summed E-state index contributed by atoms with van der Waals surface area (Å²) in [6.45, 7) is 8.23. The van der Waals surface area contributed by atoms with E-state index in [2.05, 4.69) is 35.1 Å². The lowest BCUT2D eigenvalue weighted by atomic mass is 10.0. The minimum atomic E-state index is -0.0421. The molecule has 0 atom stereocenters. The van der Waals surface area contributed by atoms with Gasteiger partial charge in [0.25, 0.3) is 0 Å². The maximum Gasteiger partial charge on any atom is 0.107 e. The average molecular weight is 365 g/mol. The number of rotatable bonds is 7. The Morgan fingerprint density at radius 1 is 1.24 bits per heavy atom. The fourth-order valence-electron chi connectivity index (χ4n) is 3.28. The van der Waals surface area contributed by atoms with Gasteiger partial charge in [-0.2, -0.15) is 0 Å². The fourth-order valence-corrected chi connectivity index (χ4v) is 3.57. The van der Waals surface area contributed by atoms with Gasteiger partial charge in [-0.15, -0.1) is 0 Å². The normalized spacial score (nSPS) is 15.9. The zero-order valence-electron chi connectivity index (χ0n) is 15.5. The summed E-state index contributed by atoms with van der Waals surface area (Å²) in [5.41, 5.74) is 3.08. The molecule has 0 spiro atoms. The number of methoxy groups -OCH3 is 1. The number of imidazole rings is 1. The van der Waals surface area contributed by atoms with Gasteiger partial charge in [-0.3, -0.25) is 0 Å². The van der Waals surface area contributed by atoms with Gasteiger partial charge in [-0.05, 0) is 38.8 Å². The Balaban J connectivity index is 1.65. The van der Waals surface area contributed by atoms with Crippen LogP contribution in [0.15, 0.2) is 12.1 Å². The van der Waals surface area contributed by atoms with Gasteiger partial charge in [-0.25, -0.2) is 4.98 Å². The third-order valence-corrected chi connectivity index (χ3v) is 5.35. The highest BCUT2D eigenvalue weighted by atomic mass is 35.5. The molecule has 3 rings (SSSR count). The summed E-state index contributed by atoms with van der Waals surface area (Å²) >= 11 is 6.52. The van der Waals surface area contributed by atoms with Gasteiger partial charge in [-0.1, -0.05) is 18.0 Å². The van der Waals surface area contributed by atoms with Crippen LogP contribution in [-0.4, -0.2) is 48.9 Å². The number of piperazine rings is 1. The number of unbranched alkanes of at least 4 members (excludes halogenated alkanes) is 1. The molecule has 0 radical (unpaired) electrons. The Morgan fingerprint density at radius 2 is 2.00 bits per heavy atom. The molecule has 0 saturated carbocycles. The molecule has 2 N–H and O–H groups in total. The fraction of sp³-hybridized carbons (Fsp3) is 0.632. The number of anilines is 1. The number of aromatic nitrogens is 2. The predicted molar refractivity (Wildman–Crippen MR) is 105 cm³/mol. The van der Waals surface area contributed by atoms with Crippen LogP contribution in [0.4, 0.5) is 5.69 Å². The van der Waals surface area contributed by atoms with Gasteiger partial charge < -0.3 is 19.9 Å². The molecular formula is C19H29ClN4O. The van der Waals surface area contributed by atoms with Crippen molar-refractivity contribution in [1.29, 1.82) is 0 Å². The number of hydrogen-bond donors (Lipinski definition) is 2. The van der Waals surface area contributed by atoms with E-state index in [4.69, 9.17) is 21.3 Å². The molecule has 0 amide bonds. The molecule has 25 heavy (non-hydrogen) atoms. The standard InChI is InChI=1S/C19H29ClN4O/c1-19(2,25-3)7-5-4-6-18-22-15-12-14(20)17(13-16(15)23-18)24-10-8-21-9-11-24/h12-13,21H,4-11H2,1-3H3,(H,22,23). The quantitative estimate of drug-likeness (QED) is 0.734. The van der Waals surface area contributed by atoms with Gasteiger partial charge in [0.15, 0.2) is 0 Å². The number of benzene rings is 1. The topological polar surface area (TPSA) is 53.2 Å². The number of fused-ring (bicyclic) bond motifs is 1. The van der Waals surface area contributed by atoms with Crippen LogP contribution in [0.2, 0.25) is 5.02 Å². The maximum atomic E-state index is 6.52. The van der Waals surface area contributed by atoms with Crippen molar-refractivity contribution in [2.45, 2.75) is 45.1 Å². The molecule has 2 heterocycles. The van der Waals surface area contributed by atoms with Crippen molar-refractivity contribution >= 4 is 28.3 Å². The summed E-state index contributed by atoms with van der Waals surface area (Å²) in [5.74, 6) is 1.04. The van der Waals surface area contributed by atoms with Gasteiger partial charge in [0.1, 0.15) is 5.82 Å². The summed E-state index contributed by atoms with van der Waals surface area (Å²) < 4.78 is 5.47. The SMILES string of the molecule is COC(C)(C)CCCCc1nc2cc(N3CCNCC3)c(Cl)cc2[nH]1. The van der Waals surface area contributed by atoms with E-state index in [1.54, 1.807) is 7.11 Å². The summed E-state index contributed by atoms with van der Waals surface area (Å²) in [4.78, 5) is 10.5. The first-order valence-electron chi connectivity index (χ1n) is 9.17. The molecule has 0 aliphatic carbocycles. The van der Waals surface area contributed by atoms with E-state index in [1.807, 2.05) is 6.07 Å². The highest BCUT2D eigenvalue weighted by Gasteiger charge is 2.17. The summed E-state index contributed by atoms with van der Waals surface area (Å²) in [6.07, 6.45) is 4.24. The zero-order valence-corrected chi connectivity index (χ0v) is 16.2. The van der Waals surface area contributed by atoms with Crippen molar-refractivity contribution in [2.75, 3.05) is 38.2 Å². The van der Waals surface area contributed by atoms with E-state index in [1.165, 1.54) is 0 Å². The number of H-pyrrole nitrogens is 1. The second-order valence-electron chi connectivity index (χ2n) is 7.41. The van der Waals surface area contributed by atoms with E-state index >= 15 is 0 Å². The number of ether oxygens (including phenoxy) is 1. The molecule has 2 aromatic rings. The number of nitrogens with zero attached hydrogens (tertiary/aromatic N) is 2. The molecule has 0 unspecified atom stereocenters. The van der Waals surface area contributed by atoms with Gasteiger partial charge in [0, 0.05) is 39.7 Å². The van der Waals surface area contributed by atoms with Crippen LogP contribution in [0.25, 0.3) is 11.0 Å². The van der Waals surface area contributed by atoms with Crippen molar-refractivity contribution in [3.05, 3.63) is 23.0 Å². The van der Waals surface area contributed by atoms with Crippen molar-refractivity contribution in [3.8, 4) is 0 Å². The number of aromatic amines is 1. The van der Waals surface area contributed by atoms with Crippen LogP contribution in [0.5, 0.6) is 0 Å². The minimum Gasteiger partial charge on any atom is -0.379 e. The molecule has 1 aliphatic heterocycles. The van der Waals surface area contributed by atoms with E-state index in [0.717, 1.165) is 79.4 Å². The lowest BCUT2D eigenvalue weighted by molar-refractivity contribution is 0.0135. The predicted octanol–water partition coefficient (Wildman–Crippen LogP) is 3.76. The number of halogens is 1. The minimum absolute atomic E-state index is 0.0421. The molecule has 6 heteroatoms. The van der Waals surface area contributed by atoms with E-state index in [9.17, 15) is 0 Å². The zero-order chi connectivity index (χ0) is 17.9. The third-order valence-electron chi connectivity index (χ3n) is 5.05. The molecule has 5 nitrogen and oxygen atoms in total. The highest BCUT2D eigenvalue weighted by Crippen LogP contribution is 2.30. The van der Waals surface area contributed by atoms with Gasteiger partial charge >= 0.3 is 0 Å². The smallest absolute Gasteiger partial charge is 0.107 e. The van der Waals surface area contributed by atoms with E-state index in [0.29, 0.717) is 0 Å². The van der Waals surface area contributed by atoms with Crippen LogP contribution in [-0.2, 0) is 11.2 Å². The number of nitrogens with one attached hydrogen (secondary N) is 2. The Labute approximate surface area is 155 Å². The molecule has 1 aromatic carbocycles. The second kappa shape index (κ2) is 7.94. The molecule has 138 valence electrons. The first-order chi connectivity index (χ1) is 12.0. The van der Waals surface area contributed by atoms with Crippen LogP contribution in [0.1, 0.15) is 38.9 Å². The van der Waals surface area contributed by atoms with Crippen LogP contribution < -0.4 is 10.2 Å². The monoisotopic (exact) mass is 364 g/mol. The van der Waals surface area contributed by atoms with Crippen LogP contribution in [0, 0.1) is 0 Å². The first-order valence-corrected chi connectivity index (χ1v) is 9.55. The Bertz CT molecular complexity index is 707. The lowest BCUT2D eigenvalue weighted by Crippen LogP contribution is -2.43. The van der Waals surface area contributed by atoms with Gasteiger partial charge in [0.2, 0.25) is 0 Å². The summed E-state index contributed by atoms with van der Waals surface area (Å²) in [7, 11) is 1.78. The van der Waals surface area contributed by atoms with Crippen LogP contribution in [0.3, 0.4) is 0 Å². The van der Waals surface area contributed by atoms with Crippen molar-refractivity contribution in [2.24, 2.45) is 0 Å². The van der Waals surface area contributed by atoms with Crippen molar-refractivity contribution < 1.29 is 4.74 Å². The van der Waals surface area contributed by atoms with Crippen LogP contribution >= 0.6 is 11.6 Å². The van der Waals surface area contributed by atoms with E-state index < -0.39 is 0 Å². The molecule has 1 saturated heterocycles. The largest absolute Gasteiger partial charge is 0.379 e. The van der Waals surface area contributed by atoms with Crippen molar-refractivity contribution in [3.63, 3.8) is 0 Å². The highest BCUT2D eigenvalue weighted by molar-refractivity contribution is 6.34. The summed E-state index contributed by atoms with van der Waals surface area (Å²) in [5, 5.41) is 4.17. The third kappa shape index (κ3) is 4.66. The molecule has 0 bridgehead atoms. The maximum absolute atomic E-state index is 6.52. The first kappa shape index (κ1) is 18.5. The molecule has 1 fully saturated rings. The Hall–Kier alpha value is -1.30. The molecule has 1 aromatic heterocycles. The number of hydrogen-bond acceptors (Lipinski definition) is 4. The second-order valence-corrected chi connectivity index (χ2v) is 7.82. The lowest BCUT2D eigenvalue weighted by Gasteiger charge is -2.30. The average Bonchev–Trinajstić information content (AvgIpc) is 3.00. The Kier molecular flexibility index (Phi) is 5.87. The molecule has 1 aliphatic rings. The van der Waals surface area contributed by atoms with E-state index in [-0.39, 0.29) is 5.60 Å². The van der Waals surface area contributed by atoms with Gasteiger partial charge in [0.05, 0.1) is 27.3 Å². The summed E-state index contributed by atoms with van der Waals surface area (Å²) in [6, 6.07) is 4.13. The van der Waals surface area contributed by atoms with Crippen molar-refractivity contribution in [1.82, 2.24) is 15.3 Å². The number of aryl methyl sites for hydroxylation is 1. The Morgan fingerprint density at radius 3 is 2.72 bits per heavy atom.